The number of benzene rings is 1. The second-order valence-corrected chi connectivity index (χ2v) is 7.98. The first-order valence-electron chi connectivity index (χ1n) is 6.43. The van der Waals surface area contributed by atoms with Gasteiger partial charge in [-0.1, -0.05) is 23.2 Å². The summed E-state index contributed by atoms with van der Waals surface area (Å²) in [4.78, 5) is 11.8. The van der Waals surface area contributed by atoms with Gasteiger partial charge < -0.3 is 14.9 Å². The fourth-order valence-corrected chi connectivity index (χ4v) is 3.86. The number of esters is 1. The molecule has 0 aliphatic carbocycles. The number of nitrogens with zero attached hydrogens (tertiary/aromatic N) is 1. The van der Waals surface area contributed by atoms with Crippen LogP contribution >= 0.6 is 23.2 Å². The summed E-state index contributed by atoms with van der Waals surface area (Å²) in [6.07, 6.45) is 0.818. The maximum Gasteiger partial charge on any atom is 0.328 e. The summed E-state index contributed by atoms with van der Waals surface area (Å²) in [5.74, 6) is -2.24. The van der Waals surface area contributed by atoms with Crippen LogP contribution in [0.1, 0.15) is 10.8 Å². The zero-order valence-corrected chi connectivity index (χ0v) is 14.9. The number of aromatic hydroxyl groups is 2. The normalized spacial score (nSPS) is 12.8. The lowest BCUT2D eigenvalue weighted by atomic mass is 10.2. The van der Waals surface area contributed by atoms with Crippen molar-refractivity contribution in [2.45, 2.75) is 5.25 Å². The van der Waals surface area contributed by atoms with Gasteiger partial charge in [-0.2, -0.15) is 0 Å². The molecular formula is C14H13Cl2NO6S. The molecule has 0 bridgehead atoms. The lowest BCUT2D eigenvalue weighted by Crippen LogP contribution is -2.22. The molecule has 1 aromatic carbocycles. The van der Waals surface area contributed by atoms with Crippen molar-refractivity contribution in [2.24, 2.45) is 0 Å². The quantitative estimate of drug-likeness (QED) is 0.772. The van der Waals surface area contributed by atoms with Crippen molar-refractivity contribution < 1.29 is 28.2 Å². The Morgan fingerprint density at radius 3 is 2.17 bits per heavy atom. The Balaban J connectivity index is 2.70. The third kappa shape index (κ3) is 3.45. The SMILES string of the molecule is COC(=O)C(c1cc(O)n(-c2cc(Cl)cc(Cl)c2)c1O)S(C)(=O)=O. The molecule has 1 heterocycles. The van der Waals surface area contributed by atoms with Crippen molar-refractivity contribution in [1.29, 1.82) is 0 Å². The first kappa shape index (κ1) is 18.4. The van der Waals surface area contributed by atoms with Gasteiger partial charge in [0.2, 0.25) is 5.88 Å². The number of aromatic nitrogens is 1. The second-order valence-electron chi connectivity index (χ2n) is 4.98. The summed E-state index contributed by atoms with van der Waals surface area (Å²) in [5.41, 5.74) is -0.135. The van der Waals surface area contributed by atoms with E-state index in [0.717, 1.165) is 24.0 Å². The molecule has 1 unspecified atom stereocenters. The molecule has 0 radical (unpaired) electrons. The van der Waals surface area contributed by atoms with E-state index < -0.39 is 32.8 Å². The molecule has 10 heteroatoms. The highest BCUT2D eigenvalue weighted by atomic mass is 35.5. The topological polar surface area (TPSA) is 106 Å². The number of sulfone groups is 1. The van der Waals surface area contributed by atoms with Gasteiger partial charge in [0.15, 0.2) is 21.0 Å². The summed E-state index contributed by atoms with van der Waals surface area (Å²) in [5, 5.41) is 19.1. The minimum atomic E-state index is -3.96. The first-order chi connectivity index (χ1) is 11.1. The van der Waals surface area contributed by atoms with E-state index in [1.807, 2.05) is 0 Å². The fourth-order valence-electron chi connectivity index (χ4n) is 2.26. The van der Waals surface area contributed by atoms with Crippen LogP contribution in [0.5, 0.6) is 11.8 Å². The number of carbonyl (C=O) groups excluding carboxylic acids is 1. The van der Waals surface area contributed by atoms with Crippen LogP contribution in [0.15, 0.2) is 24.3 Å². The lowest BCUT2D eigenvalue weighted by molar-refractivity contribution is -0.140. The van der Waals surface area contributed by atoms with Gasteiger partial charge in [0.05, 0.1) is 12.8 Å². The molecule has 130 valence electrons. The number of carbonyl (C=O) groups is 1. The van der Waals surface area contributed by atoms with Crippen LogP contribution in [0, 0.1) is 0 Å². The van der Waals surface area contributed by atoms with Crippen molar-refractivity contribution >= 4 is 39.0 Å². The maximum absolute atomic E-state index is 11.9. The highest BCUT2D eigenvalue weighted by Gasteiger charge is 2.37. The number of hydrogen-bond donors (Lipinski definition) is 2. The van der Waals surface area contributed by atoms with Crippen LogP contribution in [-0.4, -0.2) is 42.5 Å². The molecule has 2 N–H and O–H groups in total. The highest BCUT2D eigenvalue weighted by molar-refractivity contribution is 7.91. The van der Waals surface area contributed by atoms with E-state index in [-0.39, 0.29) is 21.3 Å². The average molecular weight is 394 g/mol. The lowest BCUT2D eigenvalue weighted by Gasteiger charge is -2.13. The van der Waals surface area contributed by atoms with Gasteiger partial charge in [-0.15, -0.1) is 0 Å². The van der Waals surface area contributed by atoms with Gasteiger partial charge in [0.25, 0.3) is 0 Å². The molecule has 1 atom stereocenters. The minimum Gasteiger partial charge on any atom is -0.494 e. The zero-order chi connectivity index (χ0) is 18.2. The number of hydrogen-bond acceptors (Lipinski definition) is 6. The zero-order valence-electron chi connectivity index (χ0n) is 12.5. The average Bonchev–Trinajstić information content (AvgIpc) is 2.71. The van der Waals surface area contributed by atoms with Gasteiger partial charge in [-0.25, -0.2) is 8.42 Å². The van der Waals surface area contributed by atoms with Crippen molar-refractivity contribution in [3.63, 3.8) is 0 Å². The fraction of sp³-hybridized carbons (Fsp3) is 0.214. The summed E-state index contributed by atoms with van der Waals surface area (Å²) < 4.78 is 29.2. The van der Waals surface area contributed by atoms with Crippen molar-refractivity contribution in [2.75, 3.05) is 13.4 Å². The Hall–Kier alpha value is -1.90. The molecule has 1 aromatic heterocycles. The molecule has 7 nitrogen and oxygen atoms in total. The third-order valence-corrected chi connectivity index (χ3v) is 4.95. The first-order valence-corrected chi connectivity index (χ1v) is 9.14. The Kier molecular flexibility index (Phi) is 5.03. The van der Waals surface area contributed by atoms with E-state index >= 15 is 0 Å². The molecular weight excluding hydrogens is 381 g/mol. The number of halogens is 2. The molecule has 0 spiro atoms. The standard InChI is InChI=1S/C14H13Cl2NO6S/c1-23-14(20)12(24(2,21)22)10-6-11(18)17(13(10)19)9-4-7(15)3-8(16)5-9/h3-6,12,18-19H,1-2H3. The highest BCUT2D eigenvalue weighted by Crippen LogP contribution is 2.39. The Labute approximate surface area is 147 Å². The van der Waals surface area contributed by atoms with Gasteiger partial charge in [-0.05, 0) is 18.2 Å². The molecule has 2 aromatic rings. The van der Waals surface area contributed by atoms with Gasteiger partial charge in [0, 0.05) is 27.9 Å². The Bertz CT molecular complexity index is 886. The largest absolute Gasteiger partial charge is 0.494 e. The summed E-state index contributed by atoms with van der Waals surface area (Å²) in [7, 11) is -2.95. The Morgan fingerprint density at radius 1 is 1.17 bits per heavy atom. The van der Waals surface area contributed by atoms with Crippen LogP contribution in [0.25, 0.3) is 5.69 Å². The smallest absolute Gasteiger partial charge is 0.328 e. The molecule has 0 saturated carbocycles. The van der Waals surface area contributed by atoms with Crippen LogP contribution in [0.4, 0.5) is 0 Å². The van der Waals surface area contributed by atoms with Crippen LogP contribution in [-0.2, 0) is 19.4 Å². The van der Waals surface area contributed by atoms with Gasteiger partial charge >= 0.3 is 5.97 Å². The van der Waals surface area contributed by atoms with E-state index in [1.165, 1.54) is 18.2 Å². The molecule has 2 rings (SSSR count). The predicted octanol–water partition coefficient (Wildman–Crippen LogP) is 2.45. The molecule has 24 heavy (non-hydrogen) atoms. The maximum atomic E-state index is 11.9. The number of ether oxygens (including phenoxy) is 1. The third-order valence-electron chi connectivity index (χ3n) is 3.22. The summed E-state index contributed by atoms with van der Waals surface area (Å²) >= 11 is 11.8. The number of rotatable bonds is 4. The van der Waals surface area contributed by atoms with Crippen molar-refractivity contribution in [3.8, 4) is 17.4 Å². The van der Waals surface area contributed by atoms with E-state index in [2.05, 4.69) is 4.74 Å². The molecule has 0 amide bonds. The van der Waals surface area contributed by atoms with Crippen LogP contribution in [0.2, 0.25) is 10.0 Å². The van der Waals surface area contributed by atoms with E-state index in [4.69, 9.17) is 23.2 Å². The van der Waals surface area contributed by atoms with Crippen molar-refractivity contribution in [1.82, 2.24) is 4.57 Å². The molecule has 0 fully saturated rings. The van der Waals surface area contributed by atoms with Crippen molar-refractivity contribution in [3.05, 3.63) is 39.9 Å². The molecule has 0 aliphatic rings. The number of methoxy groups -OCH3 is 1. The van der Waals surface area contributed by atoms with Crippen LogP contribution in [0.3, 0.4) is 0 Å². The van der Waals surface area contributed by atoms with E-state index in [0.29, 0.717) is 0 Å². The Morgan fingerprint density at radius 2 is 1.71 bits per heavy atom. The predicted molar refractivity (Wildman–Crippen MR) is 88.7 cm³/mol. The molecule has 0 aliphatic heterocycles. The summed E-state index contributed by atoms with van der Waals surface area (Å²) in [6, 6.07) is 5.19. The van der Waals surface area contributed by atoms with Crippen LogP contribution < -0.4 is 0 Å². The summed E-state index contributed by atoms with van der Waals surface area (Å²) in [6.45, 7) is 0. The molecule has 0 saturated heterocycles. The minimum absolute atomic E-state index is 0.186. The second kappa shape index (κ2) is 6.54. The van der Waals surface area contributed by atoms with Gasteiger partial charge in [-0.3, -0.25) is 9.36 Å². The van der Waals surface area contributed by atoms with E-state index in [1.54, 1.807) is 0 Å². The monoisotopic (exact) mass is 393 g/mol. The van der Waals surface area contributed by atoms with Gasteiger partial charge in [0.1, 0.15) is 0 Å². The van der Waals surface area contributed by atoms with E-state index in [9.17, 15) is 23.4 Å².